The molecule has 0 saturated heterocycles. The Hall–Kier alpha value is -3.11. The number of nitrogens with zero attached hydrogens (tertiary/aromatic N) is 1. The fraction of sp³-hybridized carbons (Fsp3) is 0.158. The van der Waals surface area contributed by atoms with Crippen LogP contribution in [0.1, 0.15) is 12.5 Å². The first kappa shape index (κ1) is 19.2. The molecule has 2 rings (SSSR count). The first-order chi connectivity index (χ1) is 12.5. The van der Waals surface area contributed by atoms with Crippen LogP contribution in [0.15, 0.2) is 64.4 Å². The van der Waals surface area contributed by atoms with Gasteiger partial charge in [-0.05, 0) is 31.2 Å². The van der Waals surface area contributed by atoms with Gasteiger partial charge in [0.2, 0.25) is 9.84 Å². The molecule has 0 spiro atoms. The van der Waals surface area contributed by atoms with Crippen molar-refractivity contribution < 1.29 is 22.7 Å². The van der Waals surface area contributed by atoms with Crippen LogP contribution in [0, 0.1) is 11.3 Å². The first-order valence-corrected chi connectivity index (χ1v) is 9.26. The van der Waals surface area contributed by atoms with E-state index in [-0.39, 0.29) is 23.9 Å². The Morgan fingerprint density at radius 1 is 1.12 bits per heavy atom. The number of para-hydroxylation sites is 1. The second-order valence-corrected chi connectivity index (χ2v) is 6.99. The van der Waals surface area contributed by atoms with Crippen molar-refractivity contribution in [3.8, 4) is 11.8 Å². The third-order valence-corrected chi connectivity index (χ3v) is 4.99. The molecule has 7 heteroatoms. The highest BCUT2D eigenvalue weighted by Crippen LogP contribution is 2.25. The molecule has 6 nitrogen and oxygen atoms in total. The molecule has 134 valence electrons. The van der Waals surface area contributed by atoms with Gasteiger partial charge in [-0.1, -0.05) is 36.4 Å². The summed E-state index contributed by atoms with van der Waals surface area (Å²) in [5, 5.41) is 9.35. The summed E-state index contributed by atoms with van der Waals surface area (Å²) in [6.07, 6.45) is 1.23. The predicted octanol–water partition coefficient (Wildman–Crippen LogP) is 2.97. The molecular weight excluding hydrogens is 354 g/mol. The number of benzene rings is 2. The van der Waals surface area contributed by atoms with E-state index >= 15 is 0 Å². The average Bonchev–Trinajstić information content (AvgIpc) is 2.66. The number of esters is 1. The first-order valence-electron chi connectivity index (χ1n) is 7.78. The molecule has 0 aliphatic heterocycles. The van der Waals surface area contributed by atoms with Crippen molar-refractivity contribution in [3.05, 3.63) is 65.1 Å². The van der Waals surface area contributed by atoms with Gasteiger partial charge in [0.25, 0.3) is 0 Å². The molecule has 0 aliphatic rings. The summed E-state index contributed by atoms with van der Waals surface area (Å²) in [5.74, 6) is -0.264. The normalized spacial score (nSPS) is 11.5. The van der Waals surface area contributed by atoms with Crippen LogP contribution >= 0.6 is 0 Å². The summed E-state index contributed by atoms with van der Waals surface area (Å²) < 4.78 is 35.4. The number of sulfone groups is 1. The molecule has 0 aromatic heterocycles. The Labute approximate surface area is 152 Å². The lowest BCUT2D eigenvalue weighted by Gasteiger charge is -2.09. The van der Waals surface area contributed by atoms with E-state index in [0.29, 0.717) is 5.56 Å². The Morgan fingerprint density at radius 2 is 1.77 bits per heavy atom. The molecule has 26 heavy (non-hydrogen) atoms. The Bertz CT molecular complexity index is 943. The van der Waals surface area contributed by atoms with E-state index < -0.39 is 20.7 Å². The molecule has 0 atom stereocenters. The van der Waals surface area contributed by atoms with E-state index in [1.165, 1.54) is 18.2 Å². The average molecular weight is 371 g/mol. The third-order valence-electron chi connectivity index (χ3n) is 3.31. The summed E-state index contributed by atoms with van der Waals surface area (Å²) >= 11 is 0. The molecule has 0 bridgehead atoms. The van der Waals surface area contributed by atoms with Crippen LogP contribution in [0.3, 0.4) is 0 Å². The minimum atomic E-state index is -3.95. The van der Waals surface area contributed by atoms with E-state index in [2.05, 4.69) is 0 Å². The summed E-state index contributed by atoms with van der Waals surface area (Å²) in [6, 6.07) is 15.9. The molecule has 0 saturated carbocycles. The minimum absolute atomic E-state index is 0.0257. The zero-order chi connectivity index (χ0) is 19.0. The van der Waals surface area contributed by atoms with Crippen LogP contribution < -0.4 is 4.74 Å². The van der Waals surface area contributed by atoms with Crippen LogP contribution in [-0.4, -0.2) is 27.6 Å². The molecule has 0 amide bonds. The zero-order valence-electron chi connectivity index (χ0n) is 14.1. The van der Waals surface area contributed by atoms with Gasteiger partial charge in [0, 0.05) is 5.56 Å². The fourth-order valence-corrected chi connectivity index (χ4v) is 3.28. The van der Waals surface area contributed by atoms with Crippen molar-refractivity contribution in [1.29, 1.82) is 5.26 Å². The van der Waals surface area contributed by atoms with Gasteiger partial charge in [-0.25, -0.2) is 13.2 Å². The monoisotopic (exact) mass is 371 g/mol. The number of carbonyl (C=O) groups is 1. The van der Waals surface area contributed by atoms with Crippen molar-refractivity contribution in [2.45, 2.75) is 11.8 Å². The zero-order valence-corrected chi connectivity index (χ0v) is 14.9. The van der Waals surface area contributed by atoms with Gasteiger partial charge in [0.1, 0.15) is 16.7 Å². The van der Waals surface area contributed by atoms with E-state index in [1.54, 1.807) is 55.5 Å². The van der Waals surface area contributed by atoms with Gasteiger partial charge in [-0.2, -0.15) is 5.26 Å². The smallest absolute Gasteiger partial charge is 0.344 e. The Kier molecular flexibility index (Phi) is 6.53. The van der Waals surface area contributed by atoms with Crippen LogP contribution in [0.25, 0.3) is 6.08 Å². The maximum atomic E-state index is 12.6. The fourth-order valence-electron chi connectivity index (χ4n) is 2.11. The molecular formula is C19H17NO5S. The van der Waals surface area contributed by atoms with E-state index in [0.717, 1.165) is 0 Å². The molecule has 2 aromatic carbocycles. The van der Waals surface area contributed by atoms with Crippen molar-refractivity contribution >= 4 is 21.9 Å². The second kappa shape index (κ2) is 8.83. The van der Waals surface area contributed by atoms with Crippen LogP contribution in [0.5, 0.6) is 5.75 Å². The van der Waals surface area contributed by atoms with Gasteiger partial charge in [0.15, 0.2) is 6.61 Å². The summed E-state index contributed by atoms with van der Waals surface area (Å²) in [7, 11) is -3.95. The molecule has 0 aliphatic carbocycles. The van der Waals surface area contributed by atoms with Crippen molar-refractivity contribution in [2.75, 3.05) is 13.2 Å². The number of carbonyl (C=O) groups excluding carboxylic acids is 1. The van der Waals surface area contributed by atoms with Gasteiger partial charge >= 0.3 is 5.97 Å². The standard InChI is InChI=1S/C19H17NO5S/c1-2-24-19(21)14-25-18-11-7-6-8-15(18)12-17(13-20)26(22,23)16-9-4-3-5-10-16/h3-12H,2,14H2,1H3. The molecule has 0 heterocycles. The largest absolute Gasteiger partial charge is 0.481 e. The molecule has 0 unspecified atom stereocenters. The minimum Gasteiger partial charge on any atom is -0.481 e. The second-order valence-electron chi connectivity index (χ2n) is 5.07. The number of ether oxygens (including phenoxy) is 2. The number of rotatable bonds is 7. The van der Waals surface area contributed by atoms with Crippen LogP contribution in [-0.2, 0) is 19.4 Å². The third kappa shape index (κ3) is 4.71. The van der Waals surface area contributed by atoms with E-state index in [1.807, 2.05) is 0 Å². The predicted molar refractivity (Wildman–Crippen MR) is 95.8 cm³/mol. The van der Waals surface area contributed by atoms with Crippen LogP contribution in [0.2, 0.25) is 0 Å². The lowest BCUT2D eigenvalue weighted by Crippen LogP contribution is -2.15. The quantitative estimate of drug-likeness (QED) is 0.549. The number of allylic oxidation sites excluding steroid dienone is 1. The molecule has 2 aromatic rings. The summed E-state index contributed by atoms with van der Waals surface area (Å²) in [4.78, 5) is 11.0. The van der Waals surface area contributed by atoms with Gasteiger partial charge in [0.05, 0.1) is 11.5 Å². The summed E-state index contributed by atoms with van der Waals surface area (Å²) in [6.45, 7) is 1.60. The topological polar surface area (TPSA) is 93.5 Å². The highest BCUT2D eigenvalue weighted by molar-refractivity contribution is 7.95. The van der Waals surface area contributed by atoms with Gasteiger partial charge in [-0.15, -0.1) is 0 Å². The van der Waals surface area contributed by atoms with Crippen molar-refractivity contribution in [1.82, 2.24) is 0 Å². The Morgan fingerprint density at radius 3 is 2.42 bits per heavy atom. The van der Waals surface area contributed by atoms with Crippen molar-refractivity contribution in [2.24, 2.45) is 0 Å². The Balaban J connectivity index is 2.35. The van der Waals surface area contributed by atoms with E-state index in [9.17, 15) is 18.5 Å². The van der Waals surface area contributed by atoms with Crippen molar-refractivity contribution in [3.63, 3.8) is 0 Å². The SMILES string of the molecule is CCOC(=O)COc1ccccc1C=C(C#N)S(=O)(=O)c1ccccc1. The number of nitriles is 1. The maximum Gasteiger partial charge on any atom is 0.344 e. The van der Waals surface area contributed by atoms with Gasteiger partial charge < -0.3 is 9.47 Å². The summed E-state index contributed by atoms with van der Waals surface area (Å²) in [5.41, 5.74) is 0.368. The van der Waals surface area contributed by atoms with E-state index in [4.69, 9.17) is 9.47 Å². The lowest BCUT2D eigenvalue weighted by atomic mass is 10.2. The molecule has 0 fully saturated rings. The number of hydrogen-bond donors (Lipinski definition) is 0. The highest BCUT2D eigenvalue weighted by atomic mass is 32.2. The molecule has 0 N–H and O–H groups in total. The molecule has 0 radical (unpaired) electrons. The maximum absolute atomic E-state index is 12.6. The van der Waals surface area contributed by atoms with Gasteiger partial charge in [-0.3, -0.25) is 0 Å². The van der Waals surface area contributed by atoms with Crippen LogP contribution in [0.4, 0.5) is 0 Å². The lowest BCUT2D eigenvalue weighted by molar-refractivity contribution is -0.145. The highest BCUT2D eigenvalue weighted by Gasteiger charge is 2.21. The number of hydrogen-bond acceptors (Lipinski definition) is 6.